The van der Waals surface area contributed by atoms with Crippen LogP contribution in [0.3, 0.4) is 0 Å². The molecule has 0 aromatic heterocycles. The Bertz CT molecular complexity index is 367. The summed E-state index contributed by atoms with van der Waals surface area (Å²) in [5, 5.41) is 2.99. The largest absolute Gasteiger partial charge is 0.353 e. The fourth-order valence-electron chi connectivity index (χ4n) is 3.70. The van der Waals surface area contributed by atoms with Crippen LogP contribution >= 0.6 is 0 Å². The molecule has 1 aliphatic carbocycles. The molecule has 1 saturated carbocycles. The second-order valence-electron chi connectivity index (χ2n) is 6.61. The quantitative estimate of drug-likeness (QED) is 0.858. The predicted molar refractivity (Wildman–Crippen MR) is 79.4 cm³/mol. The lowest BCUT2D eigenvalue weighted by Gasteiger charge is -2.36. The van der Waals surface area contributed by atoms with Crippen molar-refractivity contribution in [1.82, 2.24) is 10.2 Å². The Labute approximate surface area is 122 Å². The van der Waals surface area contributed by atoms with Gasteiger partial charge in [-0.25, -0.2) is 0 Å². The Morgan fingerprint density at radius 2 is 1.95 bits per heavy atom. The van der Waals surface area contributed by atoms with E-state index in [1.165, 1.54) is 0 Å². The molecular weight excluding hydrogens is 252 g/mol. The van der Waals surface area contributed by atoms with Crippen molar-refractivity contribution in [3.05, 3.63) is 0 Å². The smallest absolute Gasteiger partial charge is 0.237 e. The van der Waals surface area contributed by atoms with Crippen molar-refractivity contribution in [2.75, 3.05) is 6.54 Å². The van der Waals surface area contributed by atoms with E-state index in [1.807, 2.05) is 20.8 Å². The normalized spacial score (nSPS) is 29.7. The van der Waals surface area contributed by atoms with E-state index < -0.39 is 0 Å². The van der Waals surface area contributed by atoms with Crippen LogP contribution in [0.2, 0.25) is 0 Å². The number of Topliss-reactive ketones (excluding diaryl/α,β-unsaturated/α-hetero) is 1. The highest BCUT2D eigenvalue weighted by Gasteiger charge is 2.40. The van der Waals surface area contributed by atoms with Gasteiger partial charge in [-0.2, -0.15) is 0 Å². The molecule has 2 rings (SSSR count). The Kier molecular flexibility index (Phi) is 5.19. The van der Waals surface area contributed by atoms with E-state index >= 15 is 0 Å². The first kappa shape index (κ1) is 15.5. The van der Waals surface area contributed by atoms with E-state index in [0.717, 1.165) is 45.1 Å². The van der Waals surface area contributed by atoms with Crippen LogP contribution in [-0.4, -0.2) is 41.3 Å². The summed E-state index contributed by atoms with van der Waals surface area (Å²) in [5.41, 5.74) is 0. The highest BCUT2D eigenvalue weighted by Crippen LogP contribution is 2.33. The fourth-order valence-corrected chi connectivity index (χ4v) is 3.70. The monoisotopic (exact) mass is 280 g/mol. The first-order valence-corrected chi connectivity index (χ1v) is 8.09. The van der Waals surface area contributed by atoms with Crippen LogP contribution in [0.4, 0.5) is 0 Å². The van der Waals surface area contributed by atoms with Crippen molar-refractivity contribution in [2.45, 2.75) is 77.4 Å². The Morgan fingerprint density at radius 1 is 1.20 bits per heavy atom. The highest BCUT2D eigenvalue weighted by atomic mass is 16.2. The summed E-state index contributed by atoms with van der Waals surface area (Å²) in [5.74, 6) is 0.681. The van der Waals surface area contributed by atoms with Crippen LogP contribution in [0.25, 0.3) is 0 Å². The van der Waals surface area contributed by atoms with E-state index in [0.29, 0.717) is 5.78 Å². The van der Waals surface area contributed by atoms with Gasteiger partial charge >= 0.3 is 0 Å². The third-order valence-electron chi connectivity index (χ3n) is 4.72. The first-order chi connectivity index (χ1) is 9.50. The number of ketones is 1. The van der Waals surface area contributed by atoms with Gasteiger partial charge in [0, 0.05) is 24.4 Å². The van der Waals surface area contributed by atoms with Gasteiger partial charge in [0.05, 0.1) is 6.04 Å². The van der Waals surface area contributed by atoms with Crippen LogP contribution in [0.15, 0.2) is 0 Å². The number of rotatable bonds is 4. The van der Waals surface area contributed by atoms with Gasteiger partial charge in [-0.3, -0.25) is 14.5 Å². The number of nitrogens with one attached hydrogen (secondary N) is 1. The Hall–Kier alpha value is -0.900. The van der Waals surface area contributed by atoms with Crippen molar-refractivity contribution >= 4 is 11.7 Å². The number of amides is 1. The second-order valence-corrected chi connectivity index (χ2v) is 6.61. The molecule has 2 aliphatic rings. The number of carbonyl (C=O) groups is 2. The maximum Gasteiger partial charge on any atom is 0.237 e. The van der Waals surface area contributed by atoms with E-state index in [2.05, 4.69) is 10.2 Å². The van der Waals surface area contributed by atoms with Gasteiger partial charge in [-0.15, -0.1) is 0 Å². The van der Waals surface area contributed by atoms with E-state index in [4.69, 9.17) is 0 Å². The molecule has 20 heavy (non-hydrogen) atoms. The second kappa shape index (κ2) is 6.70. The number of nitrogens with zero attached hydrogens (tertiary/aromatic N) is 1. The molecule has 1 heterocycles. The Morgan fingerprint density at radius 3 is 2.60 bits per heavy atom. The fraction of sp³-hybridized carbons (Fsp3) is 0.875. The van der Waals surface area contributed by atoms with Crippen LogP contribution in [0.1, 0.15) is 59.3 Å². The SMILES string of the molecule is CC(C)NC(=O)C(C)N1CCCC1C1CCCCC1=O. The minimum Gasteiger partial charge on any atom is -0.353 e. The standard InChI is InChI=1S/C16H28N2O2/c1-11(2)17-16(20)12(3)18-10-6-8-14(18)13-7-4-5-9-15(13)19/h11-14H,4-10H2,1-3H3,(H,17,20). The third-order valence-corrected chi connectivity index (χ3v) is 4.72. The summed E-state index contributed by atoms with van der Waals surface area (Å²) in [6.07, 6.45) is 6.13. The first-order valence-electron chi connectivity index (χ1n) is 8.09. The lowest BCUT2D eigenvalue weighted by atomic mass is 9.81. The van der Waals surface area contributed by atoms with Gasteiger partial charge in [0.1, 0.15) is 5.78 Å². The zero-order valence-electron chi connectivity index (χ0n) is 13.0. The van der Waals surface area contributed by atoms with Crippen molar-refractivity contribution in [3.8, 4) is 0 Å². The van der Waals surface area contributed by atoms with Crippen LogP contribution in [0.5, 0.6) is 0 Å². The van der Waals surface area contributed by atoms with E-state index in [-0.39, 0.29) is 30.0 Å². The highest BCUT2D eigenvalue weighted by molar-refractivity contribution is 5.83. The third kappa shape index (κ3) is 3.40. The summed E-state index contributed by atoms with van der Waals surface area (Å²) in [6, 6.07) is 0.331. The molecule has 2 fully saturated rings. The predicted octanol–water partition coefficient (Wildman–Crippen LogP) is 2.12. The number of hydrogen-bond acceptors (Lipinski definition) is 3. The maximum atomic E-state index is 12.2. The number of likely N-dealkylation sites (tertiary alicyclic amines) is 1. The van der Waals surface area contributed by atoms with Crippen LogP contribution < -0.4 is 5.32 Å². The summed E-state index contributed by atoms with van der Waals surface area (Å²) in [7, 11) is 0. The lowest BCUT2D eigenvalue weighted by Crippen LogP contribution is -2.51. The molecule has 1 amide bonds. The molecule has 3 atom stereocenters. The van der Waals surface area contributed by atoms with Crippen molar-refractivity contribution < 1.29 is 9.59 Å². The molecule has 114 valence electrons. The molecule has 1 saturated heterocycles. The molecule has 4 heteroatoms. The van der Waals surface area contributed by atoms with Crippen molar-refractivity contribution in [1.29, 1.82) is 0 Å². The van der Waals surface area contributed by atoms with Gasteiger partial charge in [0.2, 0.25) is 5.91 Å². The zero-order chi connectivity index (χ0) is 14.7. The zero-order valence-corrected chi connectivity index (χ0v) is 13.0. The van der Waals surface area contributed by atoms with Gasteiger partial charge in [0.25, 0.3) is 0 Å². The minimum absolute atomic E-state index is 0.0927. The molecule has 0 aromatic carbocycles. The minimum atomic E-state index is -0.125. The van der Waals surface area contributed by atoms with Gasteiger partial charge in [0.15, 0.2) is 0 Å². The average molecular weight is 280 g/mol. The molecule has 1 N–H and O–H groups in total. The molecule has 0 aromatic rings. The van der Waals surface area contributed by atoms with E-state index in [1.54, 1.807) is 0 Å². The summed E-state index contributed by atoms with van der Waals surface area (Å²) < 4.78 is 0. The van der Waals surface area contributed by atoms with Crippen LogP contribution in [-0.2, 0) is 9.59 Å². The molecule has 3 unspecified atom stereocenters. The molecule has 0 radical (unpaired) electrons. The topological polar surface area (TPSA) is 49.4 Å². The van der Waals surface area contributed by atoms with Gasteiger partial charge in [-0.05, 0) is 53.0 Å². The average Bonchev–Trinajstić information content (AvgIpc) is 2.86. The number of hydrogen-bond donors (Lipinski definition) is 1. The summed E-state index contributed by atoms with van der Waals surface area (Å²) in [4.78, 5) is 26.7. The van der Waals surface area contributed by atoms with Gasteiger partial charge < -0.3 is 5.32 Å². The van der Waals surface area contributed by atoms with Crippen molar-refractivity contribution in [3.63, 3.8) is 0 Å². The maximum absolute atomic E-state index is 12.2. The molecule has 1 aliphatic heterocycles. The van der Waals surface area contributed by atoms with Crippen LogP contribution in [0, 0.1) is 5.92 Å². The van der Waals surface area contributed by atoms with Gasteiger partial charge in [-0.1, -0.05) is 6.42 Å². The molecular formula is C16H28N2O2. The summed E-state index contributed by atoms with van der Waals surface area (Å²) in [6.45, 7) is 6.89. The Balaban J connectivity index is 2.02. The molecule has 4 nitrogen and oxygen atoms in total. The molecule has 0 bridgehead atoms. The lowest BCUT2D eigenvalue weighted by molar-refractivity contribution is -0.131. The molecule has 0 spiro atoms. The summed E-state index contributed by atoms with van der Waals surface area (Å²) >= 11 is 0. The van der Waals surface area contributed by atoms with Crippen molar-refractivity contribution in [2.24, 2.45) is 5.92 Å². The van der Waals surface area contributed by atoms with E-state index in [9.17, 15) is 9.59 Å². The number of carbonyl (C=O) groups excluding carboxylic acids is 2.